The van der Waals surface area contributed by atoms with Gasteiger partial charge in [0.25, 0.3) is 5.56 Å². The Hall–Kier alpha value is -1.68. The molecule has 19 heavy (non-hydrogen) atoms. The number of aromatic nitrogens is 2. The predicted octanol–water partition coefficient (Wildman–Crippen LogP) is 2.17. The Morgan fingerprint density at radius 1 is 1.37 bits per heavy atom. The standard InChI is InChI=1S/C15H21N3O/c1-3-16-12(2)7-6-10-18-11-17-14-9-5-4-8-13(14)15(18)19/h4-5,8-9,11-12,16H,3,6-7,10H2,1-2H3. The molecule has 0 radical (unpaired) electrons. The Morgan fingerprint density at radius 2 is 2.16 bits per heavy atom. The number of aryl methyl sites for hydroxylation is 1. The highest BCUT2D eigenvalue weighted by Crippen LogP contribution is 2.05. The van der Waals surface area contributed by atoms with Crippen LogP contribution >= 0.6 is 0 Å². The molecule has 1 heterocycles. The van der Waals surface area contributed by atoms with Crippen molar-refractivity contribution in [1.29, 1.82) is 0 Å². The van der Waals surface area contributed by atoms with Crippen LogP contribution in [0.4, 0.5) is 0 Å². The van der Waals surface area contributed by atoms with E-state index in [2.05, 4.69) is 24.1 Å². The number of hydrogen-bond donors (Lipinski definition) is 1. The van der Waals surface area contributed by atoms with Crippen molar-refractivity contribution in [3.8, 4) is 0 Å². The molecular weight excluding hydrogens is 238 g/mol. The number of nitrogens with zero attached hydrogens (tertiary/aromatic N) is 2. The molecular formula is C15H21N3O. The van der Waals surface area contributed by atoms with Crippen LogP contribution in [0.2, 0.25) is 0 Å². The molecule has 0 aliphatic heterocycles. The molecule has 0 spiro atoms. The van der Waals surface area contributed by atoms with Gasteiger partial charge in [-0.1, -0.05) is 19.1 Å². The van der Waals surface area contributed by atoms with Gasteiger partial charge >= 0.3 is 0 Å². The van der Waals surface area contributed by atoms with Gasteiger partial charge in [-0.05, 0) is 38.4 Å². The molecule has 4 nitrogen and oxygen atoms in total. The summed E-state index contributed by atoms with van der Waals surface area (Å²) in [5.41, 5.74) is 0.825. The van der Waals surface area contributed by atoms with Gasteiger partial charge in [0.05, 0.1) is 17.2 Å². The number of nitrogens with one attached hydrogen (secondary N) is 1. The van der Waals surface area contributed by atoms with Gasteiger partial charge in [-0.25, -0.2) is 4.98 Å². The van der Waals surface area contributed by atoms with E-state index in [1.807, 2.05) is 24.3 Å². The van der Waals surface area contributed by atoms with E-state index in [4.69, 9.17) is 0 Å². The molecule has 1 aromatic heterocycles. The molecule has 0 saturated carbocycles. The zero-order valence-corrected chi connectivity index (χ0v) is 11.6. The Bertz CT molecular complexity index is 591. The third kappa shape index (κ3) is 3.41. The van der Waals surface area contributed by atoms with Crippen molar-refractivity contribution in [3.63, 3.8) is 0 Å². The quantitative estimate of drug-likeness (QED) is 0.865. The minimum atomic E-state index is 0.0571. The average molecular weight is 259 g/mol. The largest absolute Gasteiger partial charge is 0.315 e. The van der Waals surface area contributed by atoms with E-state index < -0.39 is 0 Å². The minimum Gasteiger partial charge on any atom is -0.315 e. The molecule has 2 rings (SSSR count). The van der Waals surface area contributed by atoms with Crippen molar-refractivity contribution in [2.24, 2.45) is 0 Å². The van der Waals surface area contributed by atoms with Gasteiger partial charge in [0.1, 0.15) is 0 Å². The number of hydrogen-bond acceptors (Lipinski definition) is 3. The Labute approximate surface area is 113 Å². The fourth-order valence-electron chi connectivity index (χ4n) is 2.28. The Balaban J connectivity index is 2.05. The first-order valence-corrected chi connectivity index (χ1v) is 6.90. The van der Waals surface area contributed by atoms with Crippen LogP contribution in [-0.4, -0.2) is 22.1 Å². The van der Waals surface area contributed by atoms with Gasteiger partial charge in [0.15, 0.2) is 0 Å². The molecule has 0 aliphatic carbocycles. The van der Waals surface area contributed by atoms with Crippen molar-refractivity contribution < 1.29 is 0 Å². The van der Waals surface area contributed by atoms with Crippen LogP contribution in [0.15, 0.2) is 35.4 Å². The SMILES string of the molecule is CCNC(C)CCCn1cnc2ccccc2c1=O. The monoisotopic (exact) mass is 259 g/mol. The first-order valence-electron chi connectivity index (χ1n) is 6.90. The second-order valence-electron chi connectivity index (χ2n) is 4.86. The van der Waals surface area contributed by atoms with E-state index in [1.165, 1.54) is 0 Å². The second kappa shape index (κ2) is 6.48. The number of benzene rings is 1. The molecule has 1 N–H and O–H groups in total. The summed E-state index contributed by atoms with van der Waals surface area (Å²) in [4.78, 5) is 16.6. The molecule has 1 atom stereocenters. The number of fused-ring (bicyclic) bond motifs is 1. The highest BCUT2D eigenvalue weighted by Gasteiger charge is 2.04. The van der Waals surface area contributed by atoms with Gasteiger partial charge in [0, 0.05) is 12.6 Å². The zero-order valence-electron chi connectivity index (χ0n) is 11.6. The molecule has 1 aromatic carbocycles. The smallest absolute Gasteiger partial charge is 0.261 e. The minimum absolute atomic E-state index is 0.0571. The molecule has 0 bridgehead atoms. The highest BCUT2D eigenvalue weighted by molar-refractivity contribution is 5.76. The fourth-order valence-corrected chi connectivity index (χ4v) is 2.28. The van der Waals surface area contributed by atoms with Gasteiger partial charge in [-0.3, -0.25) is 9.36 Å². The van der Waals surface area contributed by atoms with Crippen molar-refractivity contribution in [3.05, 3.63) is 40.9 Å². The third-order valence-electron chi connectivity index (χ3n) is 3.32. The summed E-state index contributed by atoms with van der Waals surface area (Å²) in [7, 11) is 0. The van der Waals surface area contributed by atoms with E-state index in [0.717, 1.165) is 31.4 Å². The number of rotatable bonds is 6. The predicted molar refractivity (Wildman–Crippen MR) is 78.4 cm³/mol. The van der Waals surface area contributed by atoms with Crippen LogP contribution in [0.25, 0.3) is 10.9 Å². The molecule has 102 valence electrons. The van der Waals surface area contributed by atoms with Crippen LogP contribution in [0.3, 0.4) is 0 Å². The maximum Gasteiger partial charge on any atom is 0.261 e. The molecule has 0 aliphatic rings. The van der Waals surface area contributed by atoms with Crippen LogP contribution in [-0.2, 0) is 6.54 Å². The van der Waals surface area contributed by atoms with Crippen LogP contribution in [0, 0.1) is 0 Å². The lowest BCUT2D eigenvalue weighted by molar-refractivity contribution is 0.482. The van der Waals surface area contributed by atoms with Gasteiger partial charge in [0.2, 0.25) is 0 Å². The maximum atomic E-state index is 12.2. The summed E-state index contributed by atoms with van der Waals surface area (Å²) < 4.78 is 1.71. The van der Waals surface area contributed by atoms with Gasteiger partial charge in [-0.15, -0.1) is 0 Å². The fraction of sp³-hybridized carbons (Fsp3) is 0.467. The molecule has 0 fully saturated rings. The lowest BCUT2D eigenvalue weighted by Crippen LogP contribution is -2.26. The summed E-state index contributed by atoms with van der Waals surface area (Å²) in [6.07, 6.45) is 3.70. The topological polar surface area (TPSA) is 46.9 Å². The normalized spacial score (nSPS) is 12.7. The van der Waals surface area contributed by atoms with Crippen molar-refractivity contribution in [1.82, 2.24) is 14.9 Å². The highest BCUT2D eigenvalue weighted by atomic mass is 16.1. The Morgan fingerprint density at radius 3 is 2.95 bits per heavy atom. The Kier molecular flexibility index (Phi) is 4.68. The summed E-state index contributed by atoms with van der Waals surface area (Å²) in [6, 6.07) is 7.98. The van der Waals surface area contributed by atoms with E-state index in [1.54, 1.807) is 10.9 Å². The zero-order chi connectivity index (χ0) is 13.7. The van der Waals surface area contributed by atoms with E-state index in [0.29, 0.717) is 11.4 Å². The lowest BCUT2D eigenvalue weighted by atomic mass is 10.2. The summed E-state index contributed by atoms with van der Waals surface area (Å²) in [5.74, 6) is 0. The average Bonchev–Trinajstić information content (AvgIpc) is 2.42. The summed E-state index contributed by atoms with van der Waals surface area (Å²) in [6.45, 7) is 5.99. The third-order valence-corrected chi connectivity index (χ3v) is 3.32. The van der Waals surface area contributed by atoms with E-state index in [-0.39, 0.29) is 5.56 Å². The van der Waals surface area contributed by atoms with E-state index in [9.17, 15) is 4.79 Å². The van der Waals surface area contributed by atoms with Gasteiger partial charge < -0.3 is 5.32 Å². The molecule has 0 saturated heterocycles. The molecule has 4 heteroatoms. The number of para-hydroxylation sites is 1. The summed E-state index contributed by atoms with van der Waals surface area (Å²) >= 11 is 0. The lowest BCUT2D eigenvalue weighted by Gasteiger charge is -2.12. The first kappa shape index (κ1) is 13.7. The molecule has 0 amide bonds. The van der Waals surface area contributed by atoms with Crippen LogP contribution < -0.4 is 10.9 Å². The first-order chi connectivity index (χ1) is 9.22. The van der Waals surface area contributed by atoms with Crippen molar-refractivity contribution >= 4 is 10.9 Å². The van der Waals surface area contributed by atoms with Crippen LogP contribution in [0.1, 0.15) is 26.7 Å². The van der Waals surface area contributed by atoms with Crippen molar-refractivity contribution in [2.45, 2.75) is 39.3 Å². The molecule has 1 unspecified atom stereocenters. The molecule has 2 aromatic rings. The van der Waals surface area contributed by atoms with Crippen LogP contribution in [0.5, 0.6) is 0 Å². The maximum absolute atomic E-state index is 12.2. The summed E-state index contributed by atoms with van der Waals surface area (Å²) in [5, 5.41) is 4.07. The van der Waals surface area contributed by atoms with Gasteiger partial charge in [-0.2, -0.15) is 0 Å². The van der Waals surface area contributed by atoms with E-state index >= 15 is 0 Å². The van der Waals surface area contributed by atoms with Crippen molar-refractivity contribution in [2.75, 3.05) is 6.54 Å². The second-order valence-corrected chi connectivity index (χ2v) is 4.86.